The lowest BCUT2D eigenvalue weighted by atomic mass is 10.2. The van der Waals surface area contributed by atoms with Gasteiger partial charge in [-0.25, -0.2) is 9.07 Å². The van der Waals surface area contributed by atoms with E-state index in [9.17, 15) is 9.18 Å². The van der Waals surface area contributed by atoms with Crippen LogP contribution >= 0.6 is 11.8 Å². The second kappa shape index (κ2) is 8.22. The van der Waals surface area contributed by atoms with Crippen molar-refractivity contribution < 1.29 is 9.18 Å². The van der Waals surface area contributed by atoms with E-state index in [1.165, 1.54) is 22.5 Å². The van der Waals surface area contributed by atoms with E-state index < -0.39 is 11.1 Å². The van der Waals surface area contributed by atoms with Crippen molar-refractivity contribution in [1.82, 2.24) is 19.8 Å². The van der Waals surface area contributed by atoms with E-state index in [0.29, 0.717) is 11.7 Å². The Morgan fingerprint density at radius 1 is 1.19 bits per heavy atom. The summed E-state index contributed by atoms with van der Waals surface area (Å²) in [6.07, 6.45) is 0. The summed E-state index contributed by atoms with van der Waals surface area (Å²) in [4.78, 5) is 14.3. The zero-order valence-corrected chi connectivity index (χ0v) is 15.9. The number of halogens is 1. The number of hydrogen-bond acceptors (Lipinski definition) is 5. The molecule has 1 heterocycles. The number of nitrogens with zero attached hydrogens (tertiary/aromatic N) is 4. The molecule has 1 aromatic heterocycles. The summed E-state index contributed by atoms with van der Waals surface area (Å²) in [5.41, 5.74) is 1.31. The van der Waals surface area contributed by atoms with E-state index in [1.807, 2.05) is 30.3 Å². The van der Waals surface area contributed by atoms with Crippen molar-refractivity contribution in [3.05, 3.63) is 66.0 Å². The Labute approximate surface area is 161 Å². The van der Waals surface area contributed by atoms with Crippen molar-refractivity contribution in [2.45, 2.75) is 23.9 Å². The van der Waals surface area contributed by atoms with Crippen molar-refractivity contribution in [2.24, 2.45) is 0 Å². The number of carbonyl (C=O) groups is 1. The highest BCUT2D eigenvalue weighted by Gasteiger charge is 2.23. The van der Waals surface area contributed by atoms with Gasteiger partial charge in [0.05, 0.1) is 10.8 Å². The van der Waals surface area contributed by atoms with Gasteiger partial charge in [0.15, 0.2) is 5.82 Å². The molecule has 0 bridgehead atoms. The third kappa shape index (κ3) is 4.28. The monoisotopic (exact) mass is 385 g/mol. The van der Waals surface area contributed by atoms with Gasteiger partial charge in [-0.3, -0.25) is 4.79 Å². The second-order valence-corrected chi connectivity index (χ2v) is 7.40. The van der Waals surface area contributed by atoms with Crippen molar-refractivity contribution in [1.29, 1.82) is 0 Å². The molecule has 6 nitrogen and oxygen atoms in total. The lowest BCUT2D eigenvalue weighted by Crippen LogP contribution is -2.33. The van der Waals surface area contributed by atoms with E-state index >= 15 is 0 Å². The third-order valence-electron chi connectivity index (χ3n) is 4.05. The highest BCUT2D eigenvalue weighted by atomic mass is 32.2. The number of carbonyl (C=O) groups excluding carboxylic acids is 1. The van der Waals surface area contributed by atoms with Crippen LogP contribution in [0.1, 0.15) is 12.5 Å². The number of amides is 1. The van der Waals surface area contributed by atoms with Gasteiger partial charge in [0.2, 0.25) is 11.1 Å². The number of rotatable bonds is 6. The first-order chi connectivity index (χ1) is 13.0. The zero-order chi connectivity index (χ0) is 19.4. The lowest BCUT2D eigenvalue weighted by Gasteiger charge is -2.21. The summed E-state index contributed by atoms with van der Waals surface area (Å²) in [6.45, 7) is 2.30. The highest BCUT2D eigenvalue weighted by molar-refractivity contribution is 8.00. The Morgan fingerprint density at radius 3 is 2.56 bits per heavy atom. The van der Waals surface area contributed by atoms with Gasteiger partial charge < -0.3 is 10.7 Å². The van der Waals surface area contributed by atoms with Gasteiger partial charge in [-0.1, -0.05) is 54.2 Å². The van der Waals surface area contributed by atoms with Crippen LogP contribution in [0, 0.1) is 5.82 Å². The van der Waals surface area contributed by atoms with E-state index in [4.69, 9.17) is 5.84 Å². The van der Waals surface area contributed by atoms with E-state index in [0.717, 1.165) is 5.56 Å². The Balaban J connectivity index is 1.70. The molecule has 2 N–H and O–H groups in total. The van der Waals surface area contributed by atoms with Gasteiger partial charge in [-0.15, -0.1) is 10.2 Å². The summed E-state index contributed by atoms with van der Waals surface area (Å²) >= 11 is 1.19. The minimum atomic E-state index is -0.431. The van der Waals surface area contributed by atoms with E-state index in [1.54, 1.807) is 37.1 Å². The predicted molar refractivity (Wildman–Crippen MR) is 104 cm³/mol. The van der Waals surface area contributed by atoms with Gasteiger partial charge in [0.25, 0.3) is 0 Å². The van der Waals surface area contributed by atoms with Crippen LogP contribution in [0.2, 0.25) is 0 Å². The van der Waals surface area contributed by atoms with Crippen molar-refractivity contribution in [3.8, 4) is 11.4 Å². The molecule has 0 aliphatic carbocycles. The molecule has 1 atom stereocenters. The topological polar surface area (TPSA) is 77.0 Å². The maximum atomic E-state index is 14.0. The zero-order valence-electron chi connectivity index (χ0n) is 15.0. The Kier molecular flexibility index (Phi) is 5.75. The first kappa shape index (κ1) is 18.9. The summed E-state index contributed by atoms with van der Waals surface area (Å²) < 4.78 is 15.2. The molecule has 3 rings (SSSR count). The van der Waals surface area contributed by atoms with Crippen LogP contribution < -0.4 is 5.84 Å². The van der Waals surface area contributed by atoms with Gasteiger partial charge >= 0.3 is 0 Å². The first-order valence-corrected chi connectivity index (χ1v) is 9.26. The maximum absolute atomic E-state index is 14.0. The van der Waals surface area contributed by atoms with Gasteiger partial charge in [-0.05, 0) is 24.6 Å². The van der Waals surface area contributed by atoms with Crippen LogP contribution in [0.15, 0.2) is 59.8 Å². The average Bonchev–Trinajstić information content (AvgIpc) is 3.02. The molecule has 0 aliphatic heterocycles. The van der Waals surface area contributed by atoms with Crippen LogP contribution in [0.25, 0.3) is 11.4 Å². The first-order valence-electron chi connectivity index (χ1n) is 8.38. The van der Waals surface area contributed by atoms with Crippen molar-refractivity contribution >= 4 is 17.7 Å². The Bertz CT molecular complexity index is 931. The van der Waals surface area contributed by atoms with E-state index in [-0.39, 0.29) is 17.3 Å². The SMILES string of the molecule is C[C@@H](Sc1nnc(-c2ccccc2F)n1N)C(=O)N(C)Cc1ccccc1. The normalized spacial score (nSPS) is 12.0. The number of aromatic nitrogens is 3. The fourth-order valence-electron chi connectivity index (χ4n) is 2.64. The average molecular weight is 385 g/mol. The third-order valence-corrected chi connectivity index (χ3v) is 5.09. The largest absolute Gasteiger partial charge is 0.340 e. The molecular formula is C19H20FN5OS. The molecule has 0 radical (unpaired) electrons. The number of thioether (sulfide) groups is 1. The minimum absolute atomic E-state index is 0.0562. The molecule has 0 spiro atoms. The molecule has 0 fully saturated rings. The molecule has 27 heavy (non-hydrogen) atoms. The Hall–Kier alpha value is -2.87. The van der Waals surface area contributed by atoms with Crippen LogP contribution in [0.5, 0.6) is 0 Å². The second-order valence-electron chi connectivity index (χ2n) is 6.10. The summed E-state index contributed by atoms with van der Waals surface area (Å²) in [5, 5.41) is 7.92. The van der Waals surface area contributed by atoms with Crippen LogP contribution in [-0.4, -0.2) is 38.0 Å². The van der Waals surface area contributed by atoms with Crippen molar-refractivity contribution in [3.63, 3.8) is 0 Å². The van der Waals surface area contributed by atoms with Crippen LogP contribution in [0.4, 0.5) is 4.39 Å². The Morgan fingerprint density at radius 2 is 1.85 bits per heavy atom. The molecule has 0 unspecified atom stereocenters. The molecule has 0 saturated heterocycles. The standard InChI is InChI=1S/C19H20FN5OS/c1-13(18(26)24(2)12-14-8-4-3-5-9-14)27-19-23-22-17(25(19)21)15-10-6-7-11-16(15)20/h3-11,13H,12,21H2,1-2H3/t13-/m1/s1. The molecule has 8 heteroatoms. The van der Waals surface area contributed by atoms with Gasteiger partial charge in [0, 0.05) is 13.6 Å². The van der Waals surface area contributed by atoms with Gasteiger partial charge in [-0.2, -0.15) is 0 Å². The molecular weight excluding hydrogens is 365 g/mol. The molecule has 3 aromatic rings. The van der Waals surface area contributed by atoms with E-state index in [2.05, 4.69) is 10.2 Å². The maximum Gasteiger partial charge on any atom is 0.235 e. The molecule has 0 saturated carbocycles. The molecule has 1 amide bonds. The number of nitrogen functional groups attached to an aromatic ring is 1. The van der Waals surface area contributed by atoms with Crippen LogP contribution in [-0.2, 0) is 11.3 Å². The minimum Gasteiger partial charge on any atom is -0.340 e. The summed E-state index contributed by atoms with van der Waals surface area (Å²) in [7, 11) is 1.75. The molecule has 140 valence electrons. The highest BCUT2D eigenvalue weighted by Crippen LogP contribution is 2.26. The molecule has 2 aromatic carbocycles. The lowest BCUT2D eigenvalue weighted by molar-refractivity contribution is -0.129. The summed E-state index contributed by atoms with van der Waals surface area (Å²) in [6, 6.07) is 16.0. The number of hydrogen-bond donors (Lipinski definition) is 1. The number of nitrogens with two attached hydrogens (primary N) is 1. The fraction of sp³-hybridized carbons (Fsp3) is 0.211. The fourth-order valence-corrected chi connectivity index (χ4v) is 3.52. The molecule has 0 aliphatic rings. The smallest absolute Gasteiger partial charge is 0.235 e. The predicted octanol–water partition coefficient (Wildman–Crippen LogP) is 2.94. The van der Waals surface area contributed by atoms with Gasteiger partial charge in [0.1, 0.15) is 5.82 Å². The van der Waals surface area contributed by atoms with Crippen molar-refractivity contribution in [2.75, 3.05) is 12.9 Å². The summed E-state index contributed by atoms with van der Waals surface area (Å²) in [5.74, 6) is 5.76. The quantitative estimate of drug-likeness (QED) is 0.521. The van der Waals surface area contributed by atoms with Crippen LogP contribution in [0.3, 0.4) is 0 Å². The number of benzene rings is 2.